The Balaban J connectivity index is 2.38. The first kappa shape index (κ1) is 12.3. The molecule has 3 heteroatoms. The maximum absolute atomic E-state index is 8.62. The molecule has 0 unspecified atom stereocenters. The molecule has 0 heterocycles. The molecule has 86 valence electrons. The van der Waals surface area contributed by atoms with Gasteiger partial charge in [0.05, 0.1) is 12.9 Å². The molecule has 0 bridgehead atoms. The van der Waals surface area contributed by atoms with E-state index in [-0.39, 0.29) is 6.61 Å². The van der Waals surface area contributed by atoms with Crippen molar-refractivity contribution in [1.29, 1.82) is 0 Å². The molecule has 0 saturated carbocycles. The summed E-state index contributed by atoms with van der Waals surface area (Å²) in [6.07, 6.45) is 4.94. The van der Waals surface area contributed by atoms with Crippen LogP contribution in [-0.2, 0) is 4.74 Å². The molecule has 0 aliphatic rings. The van der Waals surface area contributed by atoms with E-state index in [1.54, 1.807) is 6.08 Å². The summed E-state index contributed by atoms with van der Waals surface area (Å²) in [6.45, 7) is 4.49. The highest BCUT2D eigenvalue weighted by atomic mass is 16.5. The van der Waals surface area contributed by atoms with Gasteiger partial charge >= 0.3 is 0 Å². The Labute approximate surface area is 95.6 Å². The largest absolute Gasteiger partial charge is 0.498 e. The van der Waals surface area contributed by atoms with Crippen LogP contribution < -0.4 is 4.74 Å². The van der Waals surface area contributed by atoms with E-state index < -0.39 is 0 Å². The fraction of sp³-hybridized carbons (Fsp3) is 0.231. The summed E-state index contributed by atoms with van der Waals surface area (Å²) in [7, 11) is 0. The molecule has 0 atom stereocenters. The molecular weight excluding hydrogens is 204 g/mol. The lowest BCUT2D eigenvalue weighted by Crippen LogP contribution is -2.03. The quantitative estimate of drug-likeness (QED) is 0.565. The number of hydrogen-bond acceptors (Lipinski definition) is 3. The van der Waals surface area contributed by atoms with Gasteiger partial charge in [-0.1, -0.05) is 30.9 Å². The van der Waals surface area contributed by atoms with Crippen molar-refractivity contribution in [2.45, 2.75) is 0 Å². The first-order chi connectivity index (χ1) is 7.86. The van der Waals surface area contributed by atoms with Gasteiger partial charge in [0.25, 0.3) is 0 Å². The molecular formula is C13H16O3. The highest BCUT2D eigenvalue weighted by Crippen LogP contribution is 2.12. The van der Waals surface area contributed by atoms with Crippen molar-refractivity contribution in [1.82, 2.24) is 0 Å². The van der Waals surface area contributed by atoms with E-state index in [9.17, 15) is 0 Å². The number of benzene rings is 1. The maximum Gasteiger partial charge on any atom is 0.122 e. The summed E-state index contributed by atoms with van der Waals surface area (Å²) >= 11 is 0. The zero-order chi connectivity index (χ0) is 11.6. The van der Waals surface area contributed by atoms with Crippen LogP contribution in [-0.4, -0.2) is 24.9 Å². The van der Waals surface area contributed by atoms with E-state index in [4.69, 9.17) is 14.6 Å². The molecule has 0 saturated heterocycles. The van der Waals surface area contributed by atoms with E-state index >= 15 is 0 Å². The third-order valence-corrected chi connectivity index (χ3v) is 1.88. The average Bonchev–Trinajstić information content (AvgIpc) is 2.33. The minimum absolute atomic E-state index is 0.0527. The topological polar surface area (TPSA) is 38.7 Å². The Hall–Kier alpha value is -1.74. The van der Waals surface area contributed by atoms with Gasteiger partial charge in [-0.15, -0.1) is 0 Å². The second-order valence-corrected chi connectivity index (χ2v) is 3.04. The van der Waals surface area contributed by atoms with Gasteiger partial charge in [0.15, 0.2) is 0 Å². The Kier molecular flexibility index (Phi) is 5.81. The van der Waals surface area contributed by atoms with Crippen molar-refractivity contribution >= 4 is 6.08 Å². The number of aliphatic hydroxyl groups excluding tert-OH is 1. The fourth-order valence-electron chi connectivity index (χ4n) is 1.15. The lowest BCUT2D eigenvalue weighted by Gasteiger charge is -2.05. The molecule has 1 aromatic rings. The molecule has 0 aliphatic carbocycles. The van der Waals surface area contributed by atoms with Gasteiger partial charge in [-0.05, 0) is 17.7 Å². The Morgan fingerprint density at radius 3 is 2.56 bits per heavy atom. The van der Waals surface area contributed by atoms with Crippen molar-refractivity contribution in [3.63, 3.8) is 0 Å². The van der Waals surface area contributed by atoms with Crippen molar-refractivity contribution < 1.29 is 14.6 Å². The van der Waals surface area contributed by atoms with E-state index in [1.165, 1.54) is 6.26 Å². The third-order valence-electron chi connectivity index (χ3n) is 1.88. The van der Waals surface area contributed by atoms with Gasteiger partial charge < -0.3 is 14.6 Å². The second kappa shape index (κ2) is 7.54. The van der Waals surface area contributed by atoms with Gasteiger partial charge in [-0.2, -0.15) is 0 Å². The predicted octanol–water partition coefficient (Wildman–Crippen LogP) is 2.23. The minimum atomic E-state index is 0.0527. The van der Waals surface area contributed by atoms with Crippen molar-refractivity contribution in [2.24, 2.45) is 0 Å². The summed E-state index contributed by atoms with van der Waals surface area (Å²) < 4.78 is 10.4. The first-order valence-electron chi connectivity index (χ1n) is 5.09. The van der Waals surface area contributed by atoms with Gasteiger partial charge in [0.2, 0.25) is 0 Å². The van der Waals surface area contributed by atoms with Gasteiger partial charge in [-0.25, -0.2) is 0 Å². The van der Waals surface area contributed by atoms with Crippen LogP contribution in [0.4, 0.5) is 0 Å². The molecule has 0 aliphatic heterocycles. The molecule has 3 nitrogen and oxygen atoms in total. The highest BCUT2D eigenvalue weighted by molar-refractivity contribution is 5.50. The van der Waals surface area contributed by atoms with Crippen LogP contribution in [0.5, 0.6) is 5.75 Å². The first-order valence-corrected chi connectivity index (χ1v) is 5.09. The third kappa shape index (κ3) is 4.66. The zero-order valence-corrected chi connectivity index (χ0v) is 9.13. The van der Waals surface area contributed by atoms with E-state index in [2.05, 4.69) is 6.58 Å². The molecule has 1 rings (SSSR count). The van der Waals surface area contributed by atoms with Crippen molar-refractivity contribution in [3.8, 4) is 5.75 Å². The summed E-state index contributed by atoms with van der Waals surface area (Å²) in [5, 5.41) is 8.62. The zero-order valence-electron chi connectivity index (χ0n) is 9.13. The van der Waals surface area contributed by atoms with E-state index in [1.807, 2.05) is 30.3 Å². The van der Waals surface area contributed by atoms with Crippen LogP contribution in [0, 0.1) is 0 Å². The standard InChI is InChI=1S/C13H16O3/c1-2-15-10-11-16-13-7-5-12(6-8-13)4-3-9-14/h2-8,14H,1,9-11H2/b4-3+. The Morgan fingerprint density at radius 2 is 1.94 bits per heavy atom. The molecule has 0 radical (unpaired) electrons. The second-order valence-electron chi connectivity index (χ2n) is 3.04. The number of aliphatic hydroxyl groups is 1. The van der Waals surface area contributed by atoms with Gasteiger partial charge in [0, 0.05) is 0 Å². The van der Waals surface area contributed by atoms with E-state index in [0.29, 0.717) is 13.2 Å². The maximum atomic E-state index is 8.62. The Morgan fingerprint density at radius 1 is 1.19 bits per heavy atom. The van der Waals surface area contributed by atoms with E-state index in [0.717, 1.165) is 11.3 Å². The summed E-state index contributed by atoms with van der Waals surface area (Å²) in [5.74, 6) is 0.800. The van der Waals surface area contributed by atoms with Crippen LogP contribution >= 0.6 is 0 Å². The molecule has 0 spiro atoms. The number of ether oxygens (including phenoxy) is 2. The number of rotatable bonds is 7. The van der Waals surface area contributed by atoms with Gasteiger partial charge in [-0.3, -0.25) is 0 Å². The molecule has 0 amide bonds. The molecule has 1 N–H and O–H groups in total. The Bertz CT molecular complexity index is 328. The molecule has 1 aromatic carbocycles. The predicted molar refractivity (Wildman–Crippen MR) is 64.2 cm³/mol. The van der Waals surface area contributed by atoms with Crippen LogP contribution in [0.25, 0.3) is 6.08 Å². The van der Waals surface area contributed by atoms with Crippen LogP contribution in [0.1, 0.15) is 5.56 Å². The molecule has 0 fully saturated rings. The van der Waals surface area contributed by atoms with Crippen molar-refractivity contribution in [2.75, 3.05) is 19.8 Å². The highest BCUT2D eigenvalue weighted by Gasteiger charge is 1.93. The lowest BCUT2D eigenvalue weighted by molar-refractivity contribution is 0.179. The summed E-state index contributed by atoms with van der Waals surface area (Å²) in [5.41, 5.74) is 1.03. The van der Waals surface area contributed by atoms with Crippen LogP contribution in [0.2, 0.25) is 0 Å². The van der Waals surface area contributed by atoms with Gasteiger partial charge in [0.1, 0.15) is 19.0 Å². The number of hydrogen-bond donors (Lipinski definition) is 1. The smallest absolute Gasteiger partial charge is 0.122 e. The molecule has 0 aromatic heterocycles. The average molecular weight is 220 g/mol. The minimum Gasteiger partial charge on any atom is -0.498 e. The van der Waals surface area contributed by atoms with Crippen LogP contribution in [0.3, 0.4) is 0 Å². The monoisotopic (exact) mass is 220 g/mol. The van der Waals surface area contributed by atoms with Crippen molar-refractivity contribution in [3.05, 3.63) is 48.7 Å². The normalized spacial score (nSPS) is 10.3. The lowest BCUT2D eigenvalue weighted by atomic mass is 10.2. The summed E-state index contributed by atoms with van der Waals surface area (Å²) in [4.78, 5) is 0. The SMILES string of the molecule is C=COCCOc1ccc(/C=C/CO)cc1. The fourth-order valence-corrected chi connectivity index (χ4v) is 1.15. The summed E-state index contributed by atoms with van der Waals surface area (Å²) in [6, 6.07) is 7.61. The molecule has 16 heavy (non-hydrogen) atoms. The van der Waals surface area contributed by atoms with Crippen LogP contribution in [0.15, 0.2) is 43.2 Å².